The van der Waals surface area contributed by atoms with Crippen LogP contribution in [0, 0.1) is 0 Å². The summed E-state index contributed by atoms with van der Waals surface area (Å²) >= 11 is 3.65. The van der Waals surface area contributed by atoms with Crippen LogP contribution in [0.4, 0.5) is 5.69 Å². The monoisotopic (exact) mass is 552 g/mol. The Kier molecular flexibility index (Phi) is 9.10. The molecule has 8 heteroatoms. The lowest BCUT2D eigenvalue weighted by Gasteiger charge is -2.36. The minimum absolute atomic E-state index is 0. The van der Waals surface area contributed by atoms with Crippen LogP contribution in [0.15, 0.2) is 33.7 Å². The van der Waals surface area contributed by atoms with Crippen LogP contribution >= 0.6 is 39.9 Å². The van der Waals surface area contributed by atoms with Gasteiger partial charge in [0.05, 0.1) is 11.3 Å². The Morgan fingerprint density at radius 3 is 2.78 bits per heavy atom. The highest BCUT2D eigenvalue weighted by molar-refractivity contribution is 14.0. The number of benzene rings is 1. The highest BCUT2D eigenvalue weighted by Crippen LogP contribution is 2.28. The molecule has 2 saturated heterocycles. The van der Waals surface area contributed by atoms with Crippen molar-refractivity contribution in [3.63, 3.8) is 0 Å². The zero-order chi connectivity index (χ0) is 18.4. The second-order valence-corrected chi connectivity index (χ2v) is 7.81. The van der Waals surface area contributed by atoms with Gasteiger partial charge in [0.25, 0.3) is 0 Å². The van der Waals surface area contributed by atoms with Gasteiger partial charge in [-0.1, -0.05) is 12.1 Å². The first-order valence-corrected chi connectivity index (χ1v) is 10.0. The van der Waals surface area contributed by atoms with Crippen molar-refractivity contribution >= 4 is 51.6 Å². The second-order valence-electron chi connectivity index (χ2n) is 6.95. The normalized spacial score (nSPS) is 22.3. The zero-order valence-electron chi connectivity index (χ0n) is 16.0. The molecule has 3 rings (SSSR count). The molecule has 0 spiro atoms. The van der Waals surface area contributed by atoms with E-state index in [2.05, 4.69) is 54.7 Å². The topological polar surface area (TPSA) is 58.1 Å². The molecule has 0 aromatic heterocycles. The summed E-state index contributed by atoms with van der Waals surface area (Å²) < 4.78 is 12.4. The van der Waals surface area contributed by atoms with Gasteiger partial charge in [-0.25, -0.2) is 0 Å². The van der Waals surface area contributed by atoms with Crippen LogP contribution < -0.4 is 15.5 Å². The number of methoxy groups -OCH3 is 1. The molecule has 6 nitrogen and oxygen atoms in total. The van der Waals surface area contributed by atoms with Crippen LogP contribution in [0.3, 0.4) is 0 Å². The van der Waals surface area contributed by atoms with E-state index in [0.29, 0.717) is 6.04 Å². The molecule has 0 aliphatic carbocycles. The molecular formula is C19H30BrIN4O2. The van der Waals surface area contributed by atoms with Gasteiger partial charge in [0.2, 0.25) is 0 Å². The summed E-state index contributed by atoms with van der Waals surface area (Å²) in [5.41, 5.74) is 1.09. The van der Waals surface area contributed by atoms with E-state index in [1.807, 2.05) is 13.1 Å². The molecule has 1 unspecified atom stereocenters. The summed E-state index contributed by atoms with van der Waals surface area (Å²) in [6.45, 7) is 4.26. The fourth-order valence-electron chi connectivity index (χ4n) is 3.63. The van der Waals surface area contributed by atoms with Crippen molar-refractivity contribution in [2.24, 2.45) is 4.99 Å². The Morgan fingerprint density at radius 1 is 1.37 bits per heavy atom. The highest BCUT2D eigenvalue weighted by Gasteiger charge is 2.33. The number of rotatable bonds is 5. The Bertz CT molecular complexity index is 625. The van der Waals surface area contributed by atoms with Gasteiger partial charge in [0.1, 0.15) is 0 Å². The minimum atomic E-state index is -0.160. The van der Waals surface area contributed by atoms with E-state index in [-0.39, 0.29) is 29.6 Å². The third-order valence-corrected chi connectivity index (χ3v) is 6.03. The van der Waals surface area contributed by atoms with Gasteiger partial charge < -0.3 is 25.0 Å². The van der Waals surface area contributed by atoms with Crippen molar-refractivity contribution in [1.82, 2.24) is 10.6 Å². The van der Waals surface area contributed by atoms with Gasteiger partial charge in [-0.05, 0) is 34.5 Å². The fourth-order valence-corrected chi connectivity index (χ4v) is 4.17. The maximum atomic E-state index is 5.79. The molecule has 2 aliphatic heterocycles. The number of nitrogens with zero attached hydrogens (tertiary/aromatic N) is 2. The maximum Gasteiger partial charge on any atom is 0.191 e. The number of guanidine groups is 1. The number of anilines is 1. The van der Waals surface area contributed by atoms with E-state index in [0.717, 1.165) is 62.5 Å². The van der Waals surface area contributed by atoms with Crippen LogP contribution in [0.25, 0.3) is 0 Å². The largest absolute Gasteiger partial charge is 0.381 e. The average Bonchev–Trinajstić information content (AvgIpc) is 3.14. The summed E-state index contributed by atoms with van der Waals surface area (Å²) in [5.74, 6) is 0.840. The molecule has 0 bridgehead atoms. The highest BCUT2D eigenvalue weighted by atomic mass is 127. The quantitative estimate of drug-likeness (QED) is 0.334. The van der Waals surface area contributed by atoms with Gasteiger partial charge in [-0.3, -0.25) is 4.99 Å². The third-order valence-electron chi connectivity index (χ3n) is 5.36. The zero-order valence-corrected chi connectivity index (χ0v) is 20.0. The number of para-hydroxylation sites is 1. The average molecular weight is 553 g/mol. The minimum Gasteiger partial charge on any atom is -0.381 e. The number of hydrogen-bond donors (Lipinski definition) is 2. The van der Waals surface area contributed by atoms with Gasteiger partial charge in [0.15, 0.2) is 5.96 Å². The first-order chi connectivity index (χ1) is 12.7. The number of nitrogens with one attached hydrogen (secondary N) is 2. The smallest absolute Gasteiger partial charge is 0.191 e. The lowest BCUT2D eigenvalue weighted by atomic mass is 9.94. The molecule has 1 atom stereocenters. The fraction of sp³-hybridized carbons (Fsp3) is 0.632. The molecule has 1 aromatic carbocycles. The molecule has 2 heterocycles. The summed E-state index contributed by atoms with van der Waals surface area (Å²) in [6, 6.07) is 8.76. The molecule has 0 radical (unpaired) electrons. The predicted molar refractivity (Wildman–Crippen MR) is 124 cm³/mol. The third kappa shape index (κ3) is 5.95. The van der Waals surface area contributed by atoms with Gasteiger partial charge in [-0.2, -0.15) is 0 Å². The lowest BCUT2D eigenvalue weighted by Crippen LogP contribution is -2.52. The van der Waals surface area contributed by atoms with Crippen molar-refractivity contribution in [2.75, 3.05) is 51.9 Å². The van der Waals surface area contributed by atoms with E-state index in [1.165, 1.54) is 5.69 Å². The number of ether oxygens (including phenoxy) is 2. The molecule has 2 fully saturated rings. The maximum absolute atomic E-state index is 5.79. The Balaban J connectivity index is 0.00000261. The van der Waals surface area contributed by atoms with E-state index < -0.39 is 0 Å². The molecule has 2 aliphatic rings. The Labute approximate surface area is 187 Å². The van der Waals surface area contributed by atoms with Gasteiger partial charge >= 0.3 is 0 Å². The second kappa shape index (κ2) is 10.8. The first kappa shape index (κ1) is 22.7. The van der Waals surface area contributed by atoms with Crippen LogP contribution in [0.1, 0.15) is 19.3 Å². The van der Waals surface area contributed by atoms with E-state index in [9.17, 15) is 0 Å². The van der Waals surface area contributed by atoms with Crippen molar-refractivity contribution in [3.8, 4) is 0 Å². The van der Waals surface area contributed by atoms with Crippen LogP contribution in [-0.2, 0) is 9.47 Å². The summed E-state index contributed by atoms with van der Waals surface area (Å²) in [5, 5.41) is 7.02. The van der Waals surface area contributed by atoms with Crippen LogP contribution in [0.2, 0.25) is 0 Å². The van der Waals surface area contributed by atoms with Crippen LogP contribution in [0.5, 0.6) is 0 Å². The van der Waals surface area contributed by atoms with E-state index in [4.69, 9.17) is 9.47 Å². The van der Waals surface area contributed by atoms with Gasteiger partial charge in [0, 0.05) is 70.4 Å². The lowest BCUT2D eigenvalue weighted by molar-refractivity contribution is -0.0855. The molecule has 2 N–H and O–H groups in total. The van der Waals surface area contributed by atoms with Gasteiger partial charge in [-0.15, -0.1) is 24.0 Å². The van der Waals surface area contributed by atoms with Crippen molar-refractivity contribution < 1.29 is 9.47 Å². The predicted octanol–water partition coefficient (Wildman–Crippen LogP) is 3.01. The molecule has 0 saturated carbocycles. The molecule has 0 amide bonds. The van der Waals surface area contributed by atoms with E-state index >= 15 is 0 Å². The van der Waals surface area contributed by atoms with Crippen LogP contribution in [-0.4, -0.2) is 64.6 Å². The van der Waals surface area contributed by atoms with Crippen molar-refractivity contribution in [2.45, 2.75) is 30.9 Å². The van der Waals surface area contributed by atoms with E-state index in [1.54, 1.807) is 7.11 Å². The Morgan fingerprint density at radius 2 is 2.11 bits per heavy atom. The van der Waals surface area contributed by atoms with Crippen molar-refractivity contribution in [3.05, 3.63) is 28.7 Å². The number of hydrogen-bond acceptors (Lipinski definition) is 4. The van der Waals surface area contributed by atoms with Crippen molar-refractivity contribution in [1.29, 1.82) is 0 Å². The summed E-state index contributed by atoms with van der Waals surface area (Å²) in [6.07, 6.45) is 2.91. The molecule has 1 aromatic rings. The summed E-state index contributed by atoms with van der Waals surface area (Å²) in [4.78, 5) is 6.80. The molecule has 27 heavy (non-hydrogen) atoms. The Hall–Kier alpha value is -0.580. The molecular weight excluding hydrogens is 523 g/mol. The molecule has 152 valence electrons. The first-order valence-electron chi connectivity index (χ1n) is 9.25. The summed E-state index contributed by atoms with van der Waals surface area (Å²) in [7, 11) is 3.61. The SMILES string of the molecule is CN=C(NCC1(OC)CCOCC1)NC1CCN(c2ccccc2Br)C1.I. The standard InChI is InChI=1S/C19H29BrN4O2.HI/c1-21-18(22-14-19(25-2)8-11-26-12-9-19)23-15-7-10-24(13-15)17-6-4-3-5-16(17)20;/h3-6,15H,7-14H2,1-2H3,(H2,21,22,23);1H. The number of aliphatic imine (C=N–C) groups is 1. The number of halogens is 2.